The van der Waals surface area contributed by atoms with Gasteiger partial charge in [-0.3, -0.25) is 0 Å². The minimum atomic E-state index is -0.529. The normalized spacial score (nSPS) is 14.5. The smallest absolute Gasteiger partial charge is 0.363 e. The lowest BCUT2D eigenvalue weighted by Crippen LogP contribution is -2.05. The number of aliphatic imine (C=N–C) groups is 1. The zero-order valence-electron chi connectivity index (χ0n) is 16.0. The molecule has 9 heteroatoms. The van der Waals surface area contributed by atoms with E-state index in [0.717, 1.165) is 24.0 Å². The molecule has 0 aliphatic carbocycles. The highest BCUT2D eigenvalue weighted by Crippen LogP contribution is 2.32. The molecule has 0 bridgehead atoms. The molecule has 3 aromatic rings. The lowest BCUT2D eigenvalue weighted by molar-refractivity contribution is -0.129. The molecule has 162 valence electrons. The Morgan fingerprint density at radius 1 is 0.938 bits per heavy atom. The number of hydrogen-bond acceptors (Lipinski definition) is 4. The first-order valence-electron chi connectivity index (χ1n) is 9.14. The van der Waals surface area contributed by atoms with E-state index in [1.165, 1.54) is 0 Å². The van der Waals surface area contributed by atoms with E-state index in [0.29, 0.717) is 27.2 Å². The Labute approximate surface area is 226 Å². The minimum absolute atomic E-state index is 0.187. The van der Waals surface area contributed by atoms with Gasteiger partial charge in [0.1, 0.15) is 12.4 Å². The first-order chi connectivity index (χ1) is 15.3. The van der Waals surface area contributed by atoms with Gasteiger partial charge in [-0.2, -0.15) is 0 Å². The second kappa shape index (κ2) is 10.3. The average Bonchev–Trinajstić information content (AvgIpc) is 3.11. The third kappa shape index (κ3) is 5.59. The number of carbonyl (C=O) groups is 1. The van der Waals surface area contributed by atoms with Gasteiger partial charge in [-0.1, -0.05) is 46.9 Å². The van der Waals surface area contributed by atoms with Crippen molar-refractivity contribution in [2.75, 3.05) is 0 Å². The molecule has 1 aliphatic heterocycles. The fourth-order valence-corrected chi connectivity index (χ4v) is 5.41. The lowest BCUT2D eigenvalue weighted by atomic mass is 10.2. The second-order valence-corrected chi connectivity index (χ2v) is 10.3. The van der Waals surface area contributed by atoms with Crippen LogP contribution in [0.15, 0.2) is 65.3 Å². The fraction of sp³-hybridized carbons (Fsp3) is 0.0435. The Morgan fingerprint density at radius 2 is 1.62 bits per heavy atom. The summed E-state index contributed by atoms with van der Waals surface area (Å²) in [6, 6.07) is 16.3. The molecule has 4 rings (SSSR count). The summed E-state index contributed by atoms with van der Waals surface area (Å²) < 4.78 is 13.1. The van der Waals surface area contributed by atoms with Crippen LogP contribution in [-0.4, -0.2) is 11.9 Å². The van der Waals surface area contributed by atoms with E-state index in [-0.39, 0.29) is 11.6 Å². The van der Waals surface area contributed by atoms with E-state index >= 15 is 0 Å². The minimum Gasteiger partial charge on any atom is -0.487 e. The quantitative estimate of drug-likeness (QED) is 0.155. The van der Waals surface area contributed by atoms with Crippen LogP contribution >= 0.6 is 80.0 Å². The van der Waals surface area contributed by atoms with Crippen molar-refractivity contribution in [3.8, 4) is 5.75 Å². The summed E-state index contributed by atoms with van der Waals surface area (Å²) in [5.74, 6) is 0.434. The van der Waals surface area contributed by atoms with Crippen LogP contribution in [0.5, 0.6) is 5.75 Å². The number of ether oxygens (including phenoxy) is 2. The van der Waals surface area contributed by atoms with Gasteiger partial charge in [-0.05, 0) is 105 Å². The molecule has 0 saturated carbocycles. The van der Waals surface area contributed by atoms with Crippen LogP contribution in [0.25, 0.3) is 6.08 Å². The summed E-state index contributed by atoms with van der Waals surface area (Å²) in [6.45, 7) is 0.424. The summed E-state index contributed by atoms with van der Waals surface area (Å²) in [6.07, 6.45) is 1.68. The van der Waals surface area contributed by atoms with Crippen LogP contribution in [-0.2, 0) is 16.1 Å². The highest BCUT2D eigenvalue weighted by atomic mass is 127. The number of carbonyl (C=O) groups excluding carboxylic acids is 1. The maximum absolute atomic E-state index is 12.3. The zero-order valence-corrected chi connectivity index (χ0v) is 22.6. The maximum Gasteiger partial charge on any atom is 0.363 e. The van der Waals surface area contributed by atoms with Gasteiger partial charge < -0.3 is 9.47 Å². The Bertz CT molecular complexity index is 1250. The van der Waals surface area contributed by atoms with Crippen LogP contribution in [0.4, 0.5) is 0 Å². The van der Waals surface area contributed by atoms with Crippen LogP contribution in [0.3, 0.4) is 0 Å². The van der Waals surface area contributed by atoms with Crippen LogP contribution in [0.1, 0.15) is 16.7 Å². The molecule has 0 aromatic heterocycles. The first-order valence-corrected chi connectivity index (χ1v) is 12.4. The van der Waals surface area contributed by atoms with Crippen LogP contribution < -0.4 is 4.74 Å². The molecular formula is C23H12Cl3I2NO3. The number of nitrogens with zero attached hydrogens (tertiary/aromatic N) is 1. The molecule has 0 unspecified atom stereocenters. The number of benzene rings is 3. The van der Waals surface area contributed by atoms with E-state index in [9.17, 15) is 4.79 Å². The van der Waals surface area contributed by atoms with E-state index in [4.69, 9.17) is 44.3 Å². The summed E-state index contributed by atoms with van der Waals surface area (Å²) in [5.41, 5.74) is 2.60. The first kappa shape index (κ1) is 23.8. The van der Waals surface area contributed by atoms with Crippen molar-refractivity contribution < 1.29 is 14.3 Å². The molecule has 3 aromatic carbocycles. The molecule has 1 heterocycles. The van der Waals surface area contributed by atoms with Gasteiger partial charge in [0, 0.05) is 10.6 Å². The summed E-state index contributed by atoms with van der Waals surface area (Å²) in [4.78, 5) is 16.7. The molecule has 32 heavy (non-hydrogen) atoms. The molecule has 0 N–H and O–H groups in total. The zero-order chi connectivity index (χ0) is 22.8. The van der Waals surface area contributed by atoms with E-state index in [2.05, 4.69) is 50.2 Å². The predicted octanol–water partition coefficient (Wildman–Crippen LogP) is 7.78. The monoisotopic (exact) mass is 709 g/mol. The van der Waals surface area contributed by atoms with Gasteiger partial charge in [0.05, 0.1) is 17.2 Å². The molecular weight excluding hydrogens is 698 g/mol. The number of hydrogen-bond donors (Lipinski definition) is 0. The van der Waals surface area contributed by atoms with Gasteiger partial charge >= 0.3 is 5.97 Å². The standard InChI is InChI=1S/C23H12Cl3I2NO3/c24-15-4-1-12(2-5-15)11-31-21-18(27)7-13(8-19(21)28)9-20-23(30)32-22(29-20)14-3-6-16(25)17(26)10-14/h1-10H,11H2/b20-9-. The predicted molar refractivity (Wildman–Crippen MR) is 145 cm³/mol. The van der Waals surface area contributed by atoms with Crippen LogP contribution in [0, 0.1) is 7.14 Å². The van der Waals surface area contributed by atoms with Crippen molar-refractivity contribution in [1.82, 2.24) is 0 Å². The Morgan fingerprint density at radius 3 is 2.28 bits per heavy atom. The molecule has 0 atom stereocenters. The van der Waals surface area contributed by atoms with Gasteiger partial charge in [0.25, 0.3) is 0 Å². The largest absolute Gasteiger partial charge is 0.487 e. The summed E-state index contributed by atoms with van der Waals surface area (Å²) in [5, 5.41) is 1.46. The average molecular weight is 711 g/mol. The third-order valence-corrected chi connectivity index (χ3v) is 7.00. The van der Waals surface area contributed by atoms with E-state index in [1.54, 1.807) is 24.3 Å². The molecule has 0 saturated heterocycles. The van der Waals surface area contributed by atoms with E-state index < -0.39 is 5.97 Å². The Kier molecular flexibility index (Phi) is 7.66. The van der Waals surface area contributed by atoms with Crippen molar-refractivity contribution in [2.45, 2.75) is 6.61 Å². The fourth-order valence-electron chi connectivity index (χ4n) is 2.86. The van der Waals surface area contributed by atoms with Gasteiger partial charge in [-0.15, -0.1) is 0 Å². The summed E-state index contributed by atoms with van der Waals surface area (Å²) >= 11 is 22.4. The highest BCUT2D eigenvalue weighted by molar-refractivity contribution is 14.1. The molecule has 1 aliphatic rings. The number of cyclic esters (lactones) is 1. The molecule has 0 fully saturated rings. The van der Waals surface area contributed by atoms with Crippen molar-refractivity contribution in [1.29, 1.82) is 0 Å². The number of rotatable bonds is 5. The van der Waals surface area contributed by atoms with Crippen molar-refractivity contribution >= 4 is 97.9 Å². The van der Waals surface area contributed by atoms with E-state index in [1.807, 2.05) is 36.4 Å². The van der Waals surface area contributed by atoms with Crippen LogP contribution in [0.2, 0.25) is 15.1 Å². The van der Waals surface area contributed by atoms with Crippen molar-refractivity contribution in [3.63, 3.8) is 0 Å². The molecule has 4 nitrogen and oxygen atoms in total. The Hall–Kier alpha value is -1.33. The molecule has 0 radical (unpaired) electrons. The lowest BCUT2D eigenvalue weighted by Gasteiger charge is -2.11. The van der Waals surface area contributed by atoms with Gasteiger partial charge in [0.15, 0.2) is 5.70 Å². The molecule has 0 spiro atoms. The Balaban J connectivity index is 1.55. The molecule has 0 amide bonds. The van der Waals surface area contributed by atoms with Gasteiger partial charge in [-0.25, -0.2) is 9.79 Å². The maximum atomic E-state index is 12.3. The summed E-state index contributed by atoms with van der Waals surface area (Å²) in [7, 11) is 0. The topological polar surface area (TPSA) is 47.9 Å². The second-order valence-electron chi connectivity index (χ2n) is 6.69. The SMILES string of the molecule is O=C1OC(c2ccc(Cl)c(Cl)c2)=N/C1=C\c1cc(I)c(OCc2ccc(Cl)cc2)c(I)c1. The van der Waals surface area contributed by atoms with Gasteiger partial charge in [0.2, 0.25) is 5.90 Å². The third-order valence-electron chi connectivity index (χ3n) is 4.41. The van der Waals surface area contributed by atoms with Crippen molar-refractivity contribution in [3.05, 3.63) is 99.2 Å². The number of esters is 1. The number of halogens is 5. The highest BCUT2D eigenvalue weighted by Gasteiger charge is 2.25. The van der Waals surface area contributed by atoms with Crippen molar-refractivity contribution in [2.24, 2.45) is 4.99 Å².